The lowest BCUT2D eigenvalue weighted by molar-refractivity contribution is 0.591. The highest BCUT2D eigenvalue weighted by molar-refractivity contribution is 5.54. The van der Waals surface area contributed by atoms with Crippen molar-refractivity contribution in [3.8, 4) is 0 Å². The molecule has 0 atom stereocenters. The molecule has 3 nitrogen and oxygen atoms in total. The topological polar surface area (TPSA) is 40.7 Å². The molecule has 0 aliphatic rings. The van der Waals surface area contributed by atoms with Crippen LogP contribution in [-0.4, -0.2) is 10.2 Å². The first-order valence-corrected chi connectivity index (χ1v) is 6.30. The van der Waals surface area contributed by atoms with E-state index in [0.717, 1.165) is 12.2 Å². The van der Waals surface area contributed by atoms with Crippen molar-refractivity contribution in [2.45, 2.75) is 39.7 Å². The molecule has 1 aromatic heterocycles. The molecule has 2 aromatic rings. The molecule has 3 heteroatoms. The second kappa shape index (κ2) is 4.84. The van der Waals surface area contributed by atoms with Crippen molar-refractivity contribution in [2.24, 2.45) is 0 Å². The van der Waals surface area contributed by atoms with Gasteiger partial charge in [-0.3, -0.25) is 5.10 Å². The number of nitrogens with zero attached hydrogens (tertiary/aromatic N) is 1. The Morgan fingerprint density at radius 1 is 1.22 bits per heavy atom. The zero-order valence-electron chi connectivity index (χ0n) is 11.5. The summed E-state index contributed by atoms with van der Waals surface area (Å²) in [6, 6.07) is 8.48. The van der Waals surface area contributed by atoms with Crippen molar-refractivity contribution in [3.63, 3.8) is 0 Å². The van der Waals surface area contributed by atoms with Crippen LogP contribution >= 0.6 is 0 Å². The lowest BCUT2D eigenvalue weighted by Gasteiger charge is -2.23. The summed E-state index contributed by atoms with van der Waals surface area (Å²) in [5.74, 6) is 0. The monoisotopic (exact) mass is 243 g/mol. The SMILES string of the molecule is Cc1[nH]ncc1CNc1ccccc1C(C)(C)C. The molecule has 0 spiro atoms. The van der Waals surface area contributed by atoms with E-state index in [1.807, 2.05) is 13.1 Å². The van der Waals surface area contributed by atoms with Crippen LogP contribution in [0.25, 0.3) is 0 Å². The standard InChI is InChI=1S/C15H21N3/c1-11-12(10-17-18-11)9-16-14-8-6-5-7-13(14)15(2,3)4/h5-8,10,16H,9H2,1-4H3,(H,17,18). The van der Waals surface area contributed by atoms with Gasteiger partial charge in [0.2, 0.25) is 0 Å². The maximum atomic E-state index is 4.04. The van der Waals surface area contributed by atoms with E-state index in [-0.39, 0.29) is 5.41 Å². The number of H-pyrrole nitrogens is 1. The Morgan fingerprint density at radius 2 is 1.94 bits per heavy atom. The fourth-order valence-corrected chi connectivity index (χ4v) is 2.04. The maximum absolute atomic E-state index is 4.04. The van der Waals surface area contributed by atoms with Crippen molar-refractivity contribution in [1.82, 2.24) is 10.2 Å². The number of aromatic amines is 1. The summed E-state index contributed by atoms with van der Waals surface area (Å²) in [5.41, 5.74) is 5.01. The highest BCUT2D eigenvalue weighted by Crippen LogP contribution is 2.29. The van der Waals surface area contributed by atoms with Gasteiger partial charge in [0.25, 0.3) is 0 Å². The quantitative estimate of drug-likeness (QED) is 0.864. The Balaban J connectivity index is 2.17. The summed E-state index contributed by atoms with van der Waals surface area (Å²) in [4.78, 5) is 0. The third kappa shape index (κ3) is 2.73. The van der Waals surface area contributed by atoms with E-state index in [4.69, 9.17) is 0 Å². The van der Waals surface area contributed by atoms with Crippen LogP contribution in [0.15, 0.2) is 30.5 Å². The number of aryl methyl sites for hydroxylation is 1. The van der Waals surface area contributed by atoms with Gasteiger partial charge in [0.15, 0.2) is 0 Å². The van der Waals surface area contributed by atoms with Crippen molar-refractivity contribution >= 4 is 5.69 Å². The average molecular weight is 243 g/mol. The molecule has 2 N–H and O–H groups in total. The van der Waals surface area contributed by atoms with Gasteiger partial charge in [0.05, 0.1) is 6.20 Å². The Bertz CT molecular complexity index is 521. The number of hydrogen-bond donors (Lipinski definition) is 2. The minimum absolute atomic E-state index is 0.148. The lowest BCUT2D eigenvalue weighted by atomic mass is 9.86. The molecule has 0 saturated heterocycles. The number of aromatic nitrogens is 2. The van der Waals surface area contributed by atoms with E-state index in [1.165, 1.54) is 16.8 Å². The molecule has 0 fully saturated rings. The van der Waals surface area contributed by atoms with Gasteiger partial charge < -0.3 is 5.32 Å². The van der Waals surface area contributed by atoms with Crippen LogP contribution in [0.1, 0.15) is 37.6 Å². The normalized spacial score (nSPS) is 11.6. The van der Waals surface area contributed by atoms with E-state index < -0.39 is 0 Å². The van der Waals surface area contributed by atoms with Gasteiger partial charge in [-0.25, -0.2) is 0 Å². The van der Waals surface area contributed by atoms with E-state index in [9.17, 15) is 0 Å². The number of nitrogens with one attached hydrogen (secondary N) is 2. The Kier molecular flexibility index (Phi) is 3.41. The first-order chi connectivity index (χ1) is 8.48. The third-order valence-corrected chi connectivity index (χ3v) is 3.14. The Morgan fingerprint density at radius 3 is 2.56 bits per heavy atom. The molecule has 0 amide bonds. The summed E-state index contributed by atoms with van der Waals surface area (Å²) in [5, 5.41) is 10.5. The van der Waals surface area contributed by atoms with E-state index >= 15 is 0 Å². The second-order valence-electron chi connectivity index (χ2n) is 5.67. The number of benzene rings is 1. The maximum Gasteiger partial charge on any atom is 0.0539 e. The first-order valence-electron chi connectivity index (χ1n) is 6.30. The Labute approximate surface area is 109 Å². The summed E-state index contributed by atoms with van der Waals surface area (Å²) < 4.78 is 0. The second-order valence-corrected chi connectivity index (χ2v) is 5.67. The Hall–Kier alpha value is -1.77. The highest BCUT2D eigenvalue weighted by Gasteiger charge is 2.17. The molecule has 0 aliphatic carbocycles. The summed E-state index contributed by atoms with van der Waals surface area (Å²) in [6.07, 6.45) is 1.88. The van der Waals surface area contributed by atoms with Crippen molar-refractivity contribution in [1.29, 1.82) is 0 Å². The highest BCUT2D eigenvalue weighted by atomic mass is 15.1. The van der Waals surface area contributed by atoms with Crippen LogP contribution in [0.3, 0.4) is 0 Å². The zero-order valence-corrected chi connectivity index (χ0v) is 11.5. The molecule has 1 heterocycles. The summed E-state index contributed by atoms with van der Waals surface area (Å²) in [6.45, 7) is 9.54. The van der Waals surface area contributed by atoms with Gasteiger partial charge in [0.1, 0.15) is 0 Å². The van der Waals surface area contributed by atoms with Crippen LogP contribution in [0.4, 0.5) is 5.69 Å². The molecule has 0 aliphatic heterocycles. The molecule has 18 heavy (non-hydrogen) atoms. The van der Waals surface area contributed by atoms with Crippen LogP contribution in [0.5, 0.6) is 0 Å². The minimum Gasteiger partial charge on any atom is -0.381 e. The van der Waals surface area contributed by atoms with Crippen LogP contribution in [0, 0.1) is 6.92 Å². The molecular formula is C15H21N3. The fraction of sp³-hybridized carbons (Fsp3) is 0.400. The van der Waals surface area contributed by atoms with E-state index in [2.05, 4.69) is 60.6 Å². The van der Waals surface area contributed by atoms with E-state index in [1.54, 1.807) is 0 Å². The predicted octanol–water partition coefficient (Wildman–Crippen LogP) is 3.63. The molecule has 96 valence electrons. The molecule has 2 rings (SSSR count). The molecule has 0 unspecified atom stereocenters. The van der Waals surface area contributed by atoms with Gasteiger partial charge in [-0.05, 0) is 24.0 Å². The molecule has 0 radical (unpaired) electrons. The molecule has 1 aromatic carbocycles. The molecule has 0 bridgehead atoms. The van der Waals surface area contributed by atoms with Gasteiger partial charge >= 0.3 is 0 Å². The third-order valence-electron chi connectivity index (χ3n) is 3.14. The molecular weight excluding hydrogens is 222 g/mol. The lowest BCUT2D eigenvalue weighted by Crippen LogP contribution is -2.14. The van der Waals surface area contributed by atoms with Crippen molar-refractivity contribution in [3.05, 3.63) is 47.3 Å². The number of rotatable bonds is 3. The van der Waals surface area contributed by atoms with Crippen molar-refractivity contribution in [2.75, 3.05) is 5.32 Å². The fourth-order valence-electron chi connectivity index (χ4n) is 2.04. The van der Waals surface area contributed by atoms with Crippen LogP contribution < -0.4 is 5.32 Å². The van der Waals surface area contributed by atoms with Crippen LogP contribution in [0.2, 0.25) is 0 Å². The van der Waals surface area contributed by atoms with Gasteiger partial charge in [-0.1, -0.05) is 39.0 Å². The average Bonchev–Trinajstić information content (AvgIpc) is 2.71. The number of anilines is 1. The zero-order chi connectivity index (χ0) is 13.2. The summed E-state index contributed by atoms with van der Waals surface area (Å²) >= 11 is 0. The smallest absolute Gasteiger partial charge is 0.0539 e. The molecule has 0 saturated carbocycles. The summed E-state index contributed by atoms with van der Waals surface area (Å²) in [7, 11) is 0. The first kappa shape index (κ1) is 12.7. The number of para-hydroxylation sites is 1. The van der Waals surface area contributed by atoms with Crippen molar-refractivity contribution < 1.29 is 0 Å². The van der Waals surface area contributed by atoms with Gasteiger partial charge in [-0.15, -0.1) is 0 Å². The number of hydrogen-bond acceptors (Lipinski definition) is 2. The minimum atomic E-state index is 0.148. The van der Waals surface area contributed by atoms with Crippen LogP contribution in [-0.2, 0) is 12.0 Å². The van der Waals surface area contributed by atoms with Gasteiger partial charge in [-0.2, -0.15) is 5.10 Å². The largest absolute Gasteiger partial charge is 0.381 e. The van der Waals surface area contributed by atoms with Gasteiger partial charge in [0, 0.05) is 23.5 Å². The van der Waals surface area contributed by atoms with E-state index in [0.29, 0.717) is 0 Å². The predicted molar refractivity (Wildman–Crippen MR) is 75.8 cm³/mol.